The number of hydrogen-bond acceptors (Lipinski definition) is 2. The molecule has 2 aromatic rings. The molecule has 1 heterocycles. The molecule has 170 valence electrons. The lowest BCUT2D eigenvalue weighted by Crippen LogP contribution is -2.63. The molecule has 0 amide bonds. The molecule has 0 aliphatic heterocycles. The number of H-pyrrole nitrogens is 1. The van der Waals surface area contributed by atoms with Gasteiger partial charge in [-0.05, 0) is 104 Å². The summed E-state index contributed by atoms with van der Waals surface area (Å²) in [6.45, 7) is 11.4. The Morgan fingerprint density at radius 3 is 2.55 bits per heavy atom. The second kappa shape index (κ2) is 7.09. The number of nitrogens with one attached hydrogen (secondary N) is 1. The van der Waals surface area contributed by atoms with Crippen molar-refractivity contribution < 1.29 is 10.2 Å². The molecule has 5 rings (SSSR count). The minimum absolute atomic E-state index is 0.144. The van der Waals surface area contributed by atoms with Gasteiger partial charge in [0.05, 0.1) is 11.7 Å². The Bertz CT molecular complexity index is 924. The summed E-state index contributed by atoms with van der Waals surface area (Å²) in [4.78, 5) is 3.77. The Hall–Kier alpha value is -1.32. The zero-order valence-corrected chi connectivity index (χ0v) is 20.0. The number of fused-ring (bicyclic) bond motifs is 1. The van der Waals surface area contributed by atoms with E-state index in [9.17, 15) is 10.2 Å². The highest BCUT2D eigenvalue weighted by molar-refractivity contribution is 5.80. The van der Waals surface area contributed by atoms with Gasteiger partial charge in [0.25, 0.3) is 0 Å². The number of rotatable bonds is 2. The molecule has 3 nitrogen and oxygen atoms in total. The first-order chi connectivity index (χ1) is 14.6. The van der Waals surface area contributed by atoms with Gasteiger partial charge in [0, 0.05) is 17.1 Å². The Labute approximate surface area is 187 Å². The smallest absolute Gasteiger partial charge is 0.0626 e. The Morgan fingerprint density at radius 1 is 1.10 bits per heavy atom. The lowest BCUT2D eigenvalue weighted by Gasteiger charge is -2.69. The quantitative estimate of drug-likeness (QED) is 0.534. The van der Waals surface area contributed by atoms with Crippen LogP contribution >= 0.6 is 0 Å². The van der Waals surface area contributed by atoms with Gasteiger partial charge in [-0.25, -0.2) is 0 Å². The standard InChI is InChI=1S/C28H41NO2/c1-17-10-12-27(5)18(2)14-20(30)16-28(27)13-11-21(26(3,4)31)24(25(17)28)23-15-19-8-6-7-9-22(19)29-23/h6-9,15,17-18,20-21,24-25,29-31H,10-14,16H2,1-5H3/t17-,18-,20+,21-,24-,25+,27+,28+/m1/s1. The number of aromatic nitrogens is 1. The average molecular weight is 424 g/mol. The van der Waals surface area contributed by atoms with Gasteiger partial charge in [-0.2, -0.15) is 0 Å². The fourth-order valence-electron chi connectivity index (χ4n) is 8.73. The first kappa shape index (κ1) is 21.5. The lowest BCUT2D eigenvalue weighted by atomic mass is 9.36. The van der Waals surface area contributed by atoms with E-state index < -0.39 is 5.60 Å². The maximum absolute atomic E-state index is 11.3. The molecule has 3 aliphatic carbocycles. The van der Waals surface area contributed by atoms with E-state index in [4.69, 9.17) is 0 Å². The van der Waals surface area contributed by atoms with Gasteiger partial charge >= 0.3 is 0 Å². The molecule has 1 spiro atoms. The van der Waals surface area contributed by atoms with Crippen LogP contribution in [-0.2, 0) is 0 Å². The first-order valence-corrected chi connectivity index (χ1v) is 12.5. The van der Waals surface area contributed by atoms with E-state index in [0.717, 1.165) is 25.7 Å². The van der Waals surface area contributed by atoms with Gasteiger partial charge < -0.3 is 15.2 Å². The predicted molar refractivity (Wildman–Crippen MR) is 127 cm³/mol. The minimum atomic E-state index is -0.726. The molecule has 3 heteroatoms. The number of para-hydroxylation sites is 1. The largest absolute Gasteiger partial charge is 0.393 e. The van der Waals surface area contributed by atoms with Gasteiger partial charge in [-0.3, -0.25) is 0 Å². The molecular formula is C28H41NO2. The second-order valence-corrected chi connectivity index (χ2v) is 12.2. The van der Waals surface area contributed by atoms with Crippen molar-refractivity contribution in [2.45, 2.75) is 90.8 Å². The molecule has 0 radical (unpaired) electrons. The van der Waals surface area contributed by atoms with E-state index in [1.807, 2.05) is 13.8 Å². The summed E-state index contributed by atoms with van der Waals surface area (Å²) < 4.78 is 0. The summed E-state index contributed by atoms with van der Waals surface area (Å²) >= 11 is 0. The normalized spacial score (nSPS) is 43.5. The van der Waals surface area contributed by atoms with E-state index in [-0.39, 0.29) is 28.8 Å². The van der Waals surface area contributed by atoms with E-state index in [0.29, 0.717) is 17.8 Å². The van der Waals surface area contributed by atoms with Crippen LogP contribution in [0, 0.1) is 34.5 Å². The topological polar surface area (TPSA) is 56.2 Å². The summed E-state index contributed by atoms with van der Waals surface area (Å²) in [6.07, 6.45) is 6.35. The molecule has 0 saturated heterocycles. The fraction of sp³-hybridized carbons (Fsp3) is 0.714. The number of aliphatic hydroxyl groups excluding tert-OH is 1. The van der Waals surface area contributed by atoms with Crippen LogP contribution in [0.1, 0.15) is 84.8 Å². The van der Waals surface area contributed by atoms with Crippen molar-refractivity contribution in [1.29, 1.82) is 0 Å². The monoisotopic (exact) mass is 423 g/mol. The van der Waals surface area contributed by atoms with Gasteiger partial charge in [-0.1, -0.05) is 39.0 Å². The van der Waals surface area contributed by atoms with Crippen molar-refractivity contribution in [3.8, 4) is 0 Å². The highest BCUT2D eigenvalue weighted by Crippen LogP contribution is 2.72. The van der Waals surface area contributed by atoms with E-state index >= 15 is 0 Å². The molecule has 8 atom stereocenters. The van der Waals surface area contributed by atoms with Crippen LogP contribution in [0.2, 0.25) is 0 Å². The van der Waals surface area contributed by atoms with Crippen LogP contribution in [0.4, 0.5) is 0 Å². The molecule has 3 fully saturated rings. The lowest BCUT2D eigenvalue weighted by molar-refractivity contribution is -0.211. The van der Waals surface area contributed by atoms with Crippen LogP contribution in [0.25, 0.3) is 10.9 Å². The predicted octanol–water partition coefficient (Wildman–Crippen LogP) is 6.26. The molecule has 31 heavy (non-hydrogen) atoms. The van der Waals surface area contributed by atoms with Crippen LogP contribution in [0.15, 0.2) is 30.3 Å². The molecule has 3 saturated carbocycles. The number of aliphatic hydroxyl groups is 2. The number of benzene rings is 1. The van der Waals surface area contributed by atoms with Crippen molar-refractivity contribution in [2.24, 2.45) is 34.5 Å². The zero-order chi connectivity index (χ0) is 22.2. The number of aromatic amines is 1. The maximum atomic E-state index is 11.3. The third kappa shape index (κ3) is 3.06. The maximum Gasteiger partial charge on any atom is 0.0626 e. The first-order valence-electron chi connectivity index (χ1n) is 12.5. The molecule has 1 aromatic heterocycles. The van der Waals surface area contributed by atoms with Gasteiger partial charge in [0.1, 0.15) is 0 Å². The van der Waals surface area contributed by atoms with Crippen LogP contribution in [0.3, 0.4) is 0 Å². The average Bonchev–Trinajstić information content (AvgIpc) is 3.12. The van der Waals surface area contributed by atoms with Crippen LogP contribution in [-0.4, -0.2) is 26.9 Å². The highest BCUT2D eigenvalue weighted by atomic mass is 16.3. The molecule has 0 bridgehead atoms. The van der Waals surface area contributed by atoms with Gasteiger partial charge in [0.15, 0.2) is 0 Å². The number of hydrogen-bond donors (Lipinski definition) is 3. The van der Waals surface area contributed by atoms with E-state index in [1.54, 1.807) is 0 Å². The minimum Gasteiger partial charge on any atom is -0.393 e. The van der Waals surface area contributed by atoms with Crippen molar-refractivity contribution in [3.05, 3.63) is 36.0 Å². The third-order valence-corrected chi connectivity index (χ3v) is 10.4. The third-order valence-electron chi connectivity index (χ3n) is 10.4. The van der Waals surface area contributed by atoms with Crippen LogP contribution < -0.4 is 0 Å². The molecule has 0 unspecified atom stereocenters. The highest BCUT2D eigenvalue weighted by Gasteiger charge is 2.66. The Kier molecular flexibility index (Phi) is 4.92. The summed E-state index contributed by atoms with van der Waals surface area (Å²) in [5.41, 5.74) is 2.16. The summed E-state index contributed by atoms with van der Waals surface area (Å²) in [5.74, 6) is 2.10. The van der Waals surface area contributed by atoms with Crippen molar-refractivity contribution in [2.75, 3.05) is 0 Å². The SMILES string of the molecule is C[C@@H]1CC[C@@]2(C)[C@H](C)C[C@H](O)C[C@]23CC[C@@H](C(C)(C)O)[C@H](c2cc4ccccc4[nH]2)[C@H]13. The molecule has 3 aliphatic rings. The van der Waals surface area contributed by atoms with E-state index in [2.05, 4.69) is 56.1 Å². The summed E-state index contributed by atoms with van der Waals surface area (Å²) in [7, 11) is 0. The van der Waals surface area contributed by atoms with Gasteiger partial charge in [0.2, 0.25) is 0 Å². The Morgan fingerprint density at radius 2 is 1.84 bits per heavy atom. The van der Waals surface area contributed by atoms with Gasteiger partial charge in [-0.15, -0.1) is 0 Å². The summed E-state index contributed by atoms with van der Waals surface area (Å²) in [5, 5.41) is 23.6. The van der Waals surface area contributed by atoms with Crippen molar-refractivity contribution in [1.82, 2.24) is 4.98 Å². The molecule has 1 aromatic carbocycles. The van der Waals surface area contributed by atoms with Crippen LogP contribution in [0.5, 0.6) is 0 Å². The zero-order valence-electron chi connectivity index (χ0n) is 20.0. The summed E-state index contributed by atoms with van der Waals surface area (Å²) in [6, 6.07) is 10.9. The fourth-order valence-corrected chi connectivity index (χ4v) is 8.73. The van der Waals surface area contributed by atoms with Crippen molar-refractivity contribution >= 4 is 10.9 Å². The van der Waals surface area contributed by atoms with Crippen molar-refractivity contribution in [3.63, 3.8) is 0 Å². The Balaban J connectivity index is 1.70. The molecule has 3 N–H and O–H groups in total. The second-order valence-electron chi connectivity index (χ2n) is 12.2. The molecular weight excluding hydrogens is 382 g/mol. The van der Waals surface area contributed by atoms with E-state index in [1.165, 1.54) is 29.4 Å².